The Bertz CT molecular complexity index is 675. The lowest BCUT2D eigenvalue weighted by atomic mass is 10.1. The smallest absolute Gasteiger partial charge is 0.408 e. The Kier molecular flexibility index (Phi) is 3.17. The van der Waals surface area contributed by atoms with Gasteiger partial charge in [-0.1, -0.05) is 6.92 Å². The quantitative estimate of drug-likeness (QED) is 0.807. The lowest BCUT2D eigenvalue weighted by Gasteiger charge is -2.40. The highest BCUT2D eigenvalue weighted by Gasteiger charge is 2.24. The molecule has 0 saturated carbocycles. The van der Waals surface area contributed by atoms with Crippen LogP contribution < -0.4 is 16.4 Å². The minimum atomic E-state index is -0.443. The van der Waals surface area contributed by atoms with Crippen molar-refractivity contribution >= 4 is 22.5 Å². The normalized spacial score (nSPS) is 20.7. The van der Waals surface area contributed by atoms with Gasteiger partial charge in [0.25, 0.3) is 0 Å². The number of aromatic amines is 1. The Morgan fingerprint density at radius 3 is 3.00 bits per heavy atom. The fourth-order valence-electron chi connectivity index (χ4n) is 2.88. The predicted octanol–water partition coefficient (Wildman–Crippen LogP) is 1.23. The number of anilines is 2. The van der Waals surface area contributed by atoms with Crippen LogP contribution in [-0.4, -0.2) is 42.6 Å². The third kappa shape index (κ3) is 2.16. The van der Waals surface area contributed by atoms with E-state index in [1.807, 2.05) is 6.07 Å². The summed E-state index contributed by atoms with van der Waals surface area (Å²) >= 11 is 0. The first-order valence-corrected chi connectivity index (χ1v) is 6.96. The number of nitrogens with zero attached hydrogens (tertiary/aromatic N) is 2. The Labute approximate surface area is 117 Å². The molecular formula is C14H20N4O2. The van der Waals surface area contributed by atoms with Gasteiger partial charge >= 0.3 is 5.76 Å². The summed E-state index contributed by atoms with van der Waals surface area (Å²) in [5, 5.41) is 0. The third-order valence-corrected chi connectivity index (χ3v) is 4.16. The van der Waals surface area contributed by atoms with Crippen LogP contribution in [0.25, 0.3) is 11.1 Å². The molecule has 1 fully saturated rings. The molecule has 0 radical (unpaired) electrons. The standard InChI is InChI=1S/C14H20N4O2/c1-3-9-8-18(5-4-17(9)2)12-7-11-13(6-10(12)15)20-14(19)16-11/h6-7,9H,3-5,8,15H2,1-2H3,(H,16,19). The van der Waals surface area contributed by atoms with Gasteiger partial charge in [0, 0.05) is 31.7 Å². The number of piperazine rings is 1. The molecular weight excluding hydrogens is 256 g/mol. The molecule has 0 amide bonds. The molecule has 2 aromatic rings. The lowest BCUT2D eigenvalue weighted by Crippen LogP contribution is -2.51. The molecule has 1 saturated heterocycles. The molecule has 3 N–H and O–H groups in total. The van der Waals surface area contributed by atoms with Gasteiger partial charge in [-0.2, -0.15) is 0 Å². The molecule has 20 heavy (non-hydrogen) atoms. The zero-order chi connectivity index (χ0) is 14.3. The highest BCUT2D eigenvalue weighted by Crippen LogP contribution is 2.29. The highest BCUT2D eigenvalue weighted by atomic mass is 16.4. The summed E-state index contributed by atoms with van der Waals surface area (Å²) < 4.78 is 5.03. The molecule has 6 heteroatoms. The van der Waals surface area contributed by atoms with Crippen molar-refractivity contribution in [3.05, 3.63) is 22.7 Å². The topological polar surface area (TPSA) is 78.5 Å². The van der Waals surface area contributed by atoms with E-state index in [1.54, 1.807) is 6.07 Å². The molecule has 0 bridgehead atoms. The summed E-state index contributed by atoms with van der Waals surface area (Å²) in [5.74, 6) is -0.443. The molecule has 1 aromatic carbocycles. The van der Waals surface area contributed by atoms with E-state index in [0.29, 0.717) is 22.8 Å². The third-order valence-electron chi connectivity index (χ3n) is 4.16. The van der Waals surface area contributed by atoms with Crippen molar-refractivity contribution in [2.45, 2.75) is 19.4 Å². The van der Waals surface area contributed by atoms with Gasteiger partial charge in [-0.15, -0.1) is 0 Å². The molecule has 1 aromatic heterocycles. The zero-order valence-corrected chi connectivity index (χ0v) is 11.8. The van der Waals surface area contributed by atoms with Crippen molar-refractivity contribution in [2.24, 2.45) is 0 Å². The fraction of sp³-hybridized carbons (Fsp3) is 0.500. The first kappa shape index (κ1) is 13.1. The number of hydrogen-bond donors (Lipinski definition) is 2. The molecule has 3 rings (SSSR count). The van der Waals surface area contributed by atoms with Gasteiger partial charge in [0.2, 0.25) is 0 Å². The van der Waals surface area contributed by atoms with Crippen LogP contribution in [0.3, 0.4) is 0 Å². The van der Waals surface area contributed by atoms with E-state index in [0.717, 1.165) is 31.7 Å². The largest absolute Gasteiger partial charge is 0.417 e. The van der Waals surface area contributed by atoms with Gasteiger partial charge in [0.1, 0.15) is 0 Å². The first-order chi connectivity index (χ1) is 9.58. The van der Waals surface area contributed by atoms with Crippen LogP contribution in [0.15, 0.2) is 21.3 Å². The van der Waals surface area contributed by atoms with E-state index in [1.165, 1.54) is 0 Å². The molecule has 0 spiro atoms. The van der Waals surface area contributed by atoms with Crippen molar-refractivity contribution in [3.8, 4) is 0 Å². The summed E-state index contributed by atoms with van der Waals surface area (Å²) in [6.45, 7) is 5.10. The maximum Gasteiger partial charge on any atom is 0.417 e. The lowest BCUT2D eigenvalue weighted by molar-refractivity contribution is 0.213. The predicted molar refractivity (Wildman–Crippen MR) is 80.2 cm³/mol. The zero-order valence-electron chi connectivity index (χ0n) is 11.8. The average Bonchev–Trinajstić information content (AvgIpc) is 2.77. The number of oxazole rings is 1. The minimum Gasteiger partial charge on any atom is -0.408 e. The van der Waals surface area contributed by atoms with Crippen LogP contribution in [0.4, 0.5) is 11.4 Å². The second-order valence-electron chi connectivity index (χ2n) is 5.41. The van der Waals surface area contributed by atoms with Crippen molar-refractivity contribution in [1.29, 1.82) is 0 Å². The maximum absolute atomic E-state index is 11.2. The average molecular weight is 276 g/mol. The fourth-order valence-corrected chi connectivity index (χ4v) is 2.88. The number of nitrogens with one attached hydrogen (secondary N) is 1. The number of aromatic nitrogens is 1. The van der Waals surface area contributed by atoms with Crippen LogP contribution in [0, 0.1) is 0 Å². The molecule has 1 aliphatic rings. The monoisotopic (exact) mass is 276 g/mol. The number of nitrogens with two attached hydrogens (primary N) is 1. The van der Waals surface area contributed by atoms with Gasteiger partial charge < -0.3 is 15.1 Å². The summed E-state index contributed by atoms with van der Waals surface area (Å²) in [5.41, 5.74) is 8.95. The molecule has 108 valence electrons. The molecule has 1 aliphatic heterocycles. The van der Waals surface area contributed by atoms with E-state index in [4.69, 9.17) is 10.2 Å². The number of fused-ring (bicyclic) bond motifs is 1. The molecule has 1 atom stereocenters. The molecule has 1 unspecified atom stereocenters. The Morgan fingerprint density at radius 2 is 2.25 bits per heavy atom. The minimum absolute atomic E-state index is 0.443. The number of nitrogen functional groups attached to an aromatic ring is 1. The van der Waals surface area contributed by atoms with Gasteiger partial charge in [-0.05, 0) is 19.5 Å². The first-order valence-electron chi connectivity index (χ1n) is 6.96. The van der Waals surface area contributed by atoms with Crippen molar-refractivity contribution in [1.82, 2.24) is 9.88 Å². The summed E-state index contributed by atoms with van der Waals surface area (Å²) in [6.07, 6.45) is 1.11. The van der Waals surface area contributed by atoms with Crippen LogP contribution in [0.1, 0.15) is 13.3 Å². The van der Waals surface area contributed by atoms with Crippen molar-refractivity contribution in [3.63, 3.8) is 0 Å². The van der Waals surface area contributed by atoms with Gasteiger partial charge in [0.05, 0.1) is 16.9 Å². The van der Waals surface area contributed by atoms with Gasteiger partial charge in [-0.3, -0.25) is 9.88 Å². The van der Waals surface area contributed by atoms with Crippen LogP contribution in [0.2, 0.25) is 0 Å². The van der Waals surface area contributed by atoms with E-state index in [9.17, 15) is 4.79 Å². The number of H-pyrrole nitrogens is 1. The number of hydrogen-bond acceptors (Lipinski definition) is 5. The summed E-state index contributed by atoms with van der Waals surface area (Å²) in [4.78, 5) is 18.6. The van der Waals surface area contributed by atoms with Crippen molar-refractivity contribution in [2.75, 3.05) is 37.3 Å². The number of likely N-dealkylation sites (N-methyl/N-ethyl adjacent to an activating group) is 1. The number of rotatable bonds is 2. The second-order valence-corrected chi connectivity index (χ2v) is 5.41. The molecule has 2 heterocycles. The van der Waals surface area contributed by atoms with E-state index >= 15 is 0 Å². The Hall–Kier alpha value is -1.95. The van der Waals surface area contributed by atoms with Gasteiger partial charge in [0.15, 0.2) is 5.58 Å². The molecule has 0 aliphatic carbocycles. The summed E-state index contributed by atoms with van der Waals surface area (Å²) in [6, 6.07) is 4.16. The summed E-state index contributed by atoms with van der Waals surface area (Å²) in [7, 11) is 2.16. The van der Waals surface area contributed by atoms with Crippen LogP contribution in [-0.2, 0) is 0 Å². The second kappa shape index (κ2) is 4.86. The van der Waals surface area contributed by atoms with E-state index in [2.05, 4.69) is 28.8 Å². The van der Waals surface area contributed by atoms with E-state index in [-0.39, 0.29) is 0 Å². The van der Waals surface area contributed by atoms with Crippen molar-refractivity contribution < 1.29 is 4.42 Å². The Morgan fingerprint density at radius 1 is 1.45 bits per heavy atom. The Balaban J connectivity index is 1.97. The van der Waals surface area contributed by atoms with E-state index < -0.39 is 5.76 Å². The maximum atomic E-state index is 11.2. The van der Waals surface area contributed by atoms with Gasteiger partial charge in [-0.25, -0.2) is 4.79 Å². The highest BCUT2D eigenvalue weighted by molar-refractivity contribution is 5.85. The van der Waals surface area contributed by atoms with Crippen LogP contribution >= 0.6 is 0 Å². The number of benzene rings is 1. The molecule has 6 nitrogen and oxygen atoms in total. The van der Waals surface area contributed by atoms with Crippen LogP contribution in [0.5, 0.6) is 0 Å². The SMILES string of the molecule is CCC1CN(c2cc3[nH]c(=O)oc3cc2N)CCN1C.